The molecule has 5 heteroatoms. The number of aromatic nitrogens is 2. The fourth-order valence-electron chi connectivity index (χ4n) is 2.49. The molecule has 100 valence electrons. The maximum atomic E-state index is 12.1. The second kappa shape index (κ2) is 4.72. The fraction of sp³-hybridized carbons (Fsp3) is 0.692. The van der Waals surface area contributed by atoms with Gasteiger partial charge in [-0.05, 0) is 32.1 Å². The number of nitrogens with two attached hydrogens (primary N) is 1. The third kappa shape index (κ3) is 2.27. The molecular formula is C13H21N3O2. The van der Waals surface area contributed by atoms with Crippen molar-refractivity contribution in [1.82, 2.24) is 9.97 Å². The Morgan fingerprint density at radius 1 is 1.50 bits per heavy atom. The Hall–Kier alpha value is -1.36. The van der Waals surface area contributed by atoms with Crippen molar-refractivity contribution in [2.45, 2.75) is 57.4 Å². The summed E-state index contributed by atoms with van der Waals surface area (Å²) in [6.45, 7) is 3.71. The topological polar surface area (TPSA) is 92.0 Å². The molecular weight excluding hydrogens is 230 g/mol. The Morgan fingerprint density at radius 3 is 2.61 bits per heavy atom. The molecule has 1 unspecified atom stereocenters. The number of aromatic hydroxyl groups is 1. The molecule has 18 heavy (non-hydrogen) atoms. The maximum absolute atomic E-state index is 12.1. The minimum atomic E-state index is -0.717. The van der Waals surface area contributed by atoms with E-state index in [4.69, 9.17) is 5.73 Å². The number of nitrogens with zero attached hydrogens (tertiary/aromatic N) is 1. The van der Waals surface area contributed by atoms with Crippen LogP contribution in [0, 0.1) is 0 Å². The molecule has 0 aliphatic heterocycles. The van der Waals surface area contributed by atoms with Crippen molar-refractivity contribution >= 4 is 0 Å². The third-order valence-electron chi connectivity index (χ3n) is 3.97. The molecule has 0 amide bonds. The second-order valence-corrected chi connectivity index (χ2v) is 5.40. The predicted octanol–water partition coefficient (Wildman–Crippen LogP) is 1.72. The summed E-state index contributed by atoms with van der Waals surface area (Å²) in [5, 5.41) is 10.0. The predicted molar refractivity (Wildman–Crippen MR) is 69.6 cm³/mol. The monoisotopic (exact) mass is 251 g/mol. The fourth-order valence-corrected chi connectivity index (χ4v) is 2.49. The highest BCUT2D eigenvalue weighted by Gasteiger charge is 2.28. The highest BCUT2D eigenvalue weighted by Crippen LogP contribution is 2.35. The van der Waals surface area contributed by atoms with Crippen LogP contribution in [0.2, 0.25) is 0 Å². The van der Waals surface area contributed by atoms with Gasteiger partial charge in [-0.3, -0.25) is 4.79 Å². The standard InChI is InChI=1S/C13H21N3O2/c1-3-13(2,14)12-15-10(17)9(11(18)16-12)8-6-4-5-7-8/h8H,3-7,14H2,1-2H3,(H2,15,16,17,18). The van der Waals surface area contributed by atoms with E-state index in [1.807, 2.05) is 6.92 Å². The number of hydrogen-bond donors (Lipinski definition) is 3. The highest BCUT2D eigenvalue weighted by molar-refractivity contribution is 5.28. The SMILES string of the molecule is CCC(C)(N)c1nc(O)c(C2CCCC2)c(=O)[nH]1. The van der Waals surface area contributed by atoms with Gasteiger partial charge in [0.1, 0.15) is 5.82 Å². The van der Waals surface area contributed by atoms with Crippen LogP contribution in [0.3, 0.4) is 0 Å². The van der Waals surface area contributed by atoms with Crippen LogP contribution in [-0.2, 0) is 5.54 Å². The van der Waals surface area contributed by atoms with Crippen molar-refractivity contribution in [3.8, 4) is 5.88 Å². The number of rotatable bonds is 3. The highest BCUT2D eigenvalue weighted by atomic mass is 16.3. The molecule has 1 atom stereocenters. The van der Waals surface area contributed by atoms with Crippen LogP contribution in [-0.4, -0.2) is 15.1 Å². The Balaban J connectivity index is 2.44. The van der Waals surface area contributed by atoms with E-state index in [9.17, 15) is 9.90 Å². The largest absolute Gasteiger partial charge is 0.493 e. The Morgan fingerprint density at radius 2 is 2.11 bits per heavy atom. The van der Waals surface area contributed by atoms with Crippen molar-refractivity contribution < 1.29 is 5.11 Å². The minimum Gasteiger partial charge on any atom is -0.493 e. The Labute approximate surface area is 106 Å². The lowest BCUT2D eigenvalue weighted by Crippen LogP contribution is -2.36. The molecule has 0 saturated heterocycles. The first-order valence-corrected chi connectivity index (χ1v) is 6.58. The van der Waals surface area contributed by atoms with Gasteiger partial charge in [0.25, 0.3) is 5.56 Å². The first kappa shape index (κ1) is 13.1. The van der Waals surface area contributed by atoms with Gasteiger partial charge >= 0.3 is 0 Å². The number of H-pyrrole nitrogens is 1. The van der Waals surface area contributed by atoms with E-state index in [-0.39, 0.29) is 17.4 Å². The van der Waals surface area contributed by atoms with Gasteiger partial charge < -0.3 is 15.8 Å². The van der Waals surface area contributed by atoms with Gasteiger partial charge in [0, 0.05) is 0 Å². The summed E-state index contributed by atoms with van der Waals surface area (Å²) >= 11 is 0. The summed E-state index contributed by atoms with van der Waals surface area (Å²) in [5.74, 6) is 0.348. The summed E-state index contributed by atoms with van der Waals surface area (Å²) in [6, 6.07) is 0. The second-order valence-electron chi connectivity index (χ2n) is 5.40. The van der Waals surface area contributed by atoms with Crippen LogP contribution in [0.25, 0.3) is 0 Å². The van der Waals surface area contributed by atoms with E-state index >= 15 is 0 Å². The summed E-state index contributed by atoms with van der Waals surface area (Å²) in [4.78, 5) is 18.9. The van der Waals surface area contributed by atoms with Crippen molar-refractivity contribution in [2.24, 2.45) is 5.73 Å². The van der Waals surface area contributed by atoms with E-state index in [0.29, 0.717) is 17.8 Å². The van der Waals surface area contributed by atoms with Gasteiger partial charge in [-0.25, -0.2) is 0 Å². The van der Waals surface area contributed by atoms with Crippen molar-refractivity contribution in [2.75, 3.05) is 0 Å². The van der Waals surface area contributed by atoms with E-state index in [1.54, 1.807) is 6.92 Å². The van der Waals surface area contributed by atoms with Crippen LogP contribution in [0.1, 0.15) is 63.3 Å². The normalized spacial score (nSPS) is 19.9. The van der Waals surface area contributed by atoms with Gasteiger partial charge in [-0.1, -0.05) is 19.8 Å². The van der Waals surface area contributed by atoms with Crippen molar-refractivity contribution in [3.05, 3.63) is 21.7 Å². The molecule has 1 aliphatic carbocycles. The molecule has 1 aliphatic rings. The Bertz CT molecular complexity index is 487. The molecule has 4 N–H and O–H groups in total. The summed E-state index contributed by atoms with van der Waals surface area (Å²) < 4.78 is 0. The molecule has 1 saturated carbocycles. The maximum Gasteiger partial charge on any atom is 0.258 e. The average Bonchev–Trinajstić information content (AvgIpc) is 2.81. The molecule has 0 bridgehead atoms. The van der Waals surface area contributed by atoms with Crippen LogP contribution in [0.4, 0.5) is 0 Å². The lowest BCUT2D eigenvalue weighted by Gasteiger charge is -2.22. The minimum absolute atomic E-state index is 0.140. The third-order valence-corrected chi connectivity index (χ3v) is 3.97. The zero-order valence-electron chi connectivity index (χ0n) is 11.0. The molecule has 0 spiro atoms. The van der Waals surface area contributed by atoms with Crippen LogP contribution in [0.5, 0.6) is 5.88 Å². The van der Waals surface area contributed by atoms with Crippen molar-refractivity contribution in [1.29, 1.82) is 0 Å². The smallest absolute Gasteiger partial charge is 0.258 e. The van der Waals surface area contributed by atoms with Crippen molar-refractivity contribution in [3.63, 3.8) is 0 Å². The van der Waals surface area contributed by atoms with E-state index in [2.05, 4.69) is 9.97 Å². The number of aromatic amines is 1. The lowest BCUT2D eigenvalue weighted by atomic mass is 9.97. The van der Waals surface area contributed by atoms with E-state index in [1.165, 1.54) is 0 Å². The summed E-state index contributed by atoms with van der Waals surface area (Å²) in [7, 11) is 0. The van der Waals surface area contributed by atoms with Crippen LogP contribution >= 0.6 is 0 Å². The van der Waals surface area contributed by atoms with Gasteiger partial charge in [0.15, 0.2) is 0 Å². The molecule has 0 radical (unpaired) electrons. The van der Waals surface area contributed by atoms with Crippen LogP contribution in [0.15, 0.2) is 4.79 Å². The first-order valence-electron chi connectivity index (χ1n) is 6.58. The van der Waals surface area contributed by atoms with Crippen LogP contribution < -0.4 is 11.3 Å². The summed E-state index contributed by atoms with van der Waals surface area (Å²) in [5.41, 5.74) is 5.51. The summed E-state index contributed by atoms with van der Waals surface area (Å²) in [6.07, 6.45) is 4.75. The quantitative estimate of drug-likeness (QED) is 0.762. The van der Waals surface area contributed by atoms with E-state index < -0.39 is 5.54 Å². The number of hydrogen-bond acceptors (Lipinski definition) is 4. The van der Waals surface area contributed by atoms with Gasteiger partial charge in [-0.15, -0.1) is 0 Å². The van der Waals surface area contributed by atoms with Gasteiger partial charge in [0.05, 0.1) is 11.1 Å². The molecule has 1 fully saturated rings. The molecule has 1 heterocycles. The Kier molecular flexibility index (Phi) is 3.43. The zero-order valence-corrected chi connectivity index (χ0v) is 11.0. The average molecular weight is 251 g/mol. The molecule has 1 aromatic rings. The van der Waals surface area contributed by atoms with Gasteiger partial charge in [-0.2, -0.15) is 4.98 Å². The van der Waals surface area contributed by atoms with E-state index in [0.717, 1.165) is 25.7 Å². The number of nitrogens with one attached hydrogen (secondary N) is 1. The molecule has 1 aromatic heterocycles. The molecule has 2 rings (SSSR count). The zero-order chi connectivity index (χ0) is 13.3. The lowest BCUT2D eigenvalue weighted by molar-refractivity contribution is 0.399. The molecule has 0 aromatic carbocycles. The van der Waals surface area contributed by atoms with Gasteiger partial charge in [0.2, 0.25) is 5.88 Å². The first-order chi connectivity index (χ1) is 8.45. The molecule has 5 nitrogen and oxygen atoms in total.